The number of benzene rings is 1. The first-order chi connectivity index (χ1) is 5.29. The number of rotatable bonds is 2. The highest BCUT2D eigenvalue weighted by atomic mass is 32.2. The van der Waals surface area contributed by atoms with Crippen molar-refractivity contribution in [1.29, 1.82) is 0 Å². The molecule has 1 aromatic carbocycles. The summed E-state index contributed by atoms with van der Waals surface area (Å²) in [4.78, 5) is 0.740. The molecule has 0 aromatic heterocycles. The van der Waals surface area contributed by atoms with E-state index in [0.29, 0.717) is 0 Å². The van der Waals surface area contributed by atoms with Crippen molar-refractivity contribution in [3.8, 4) is 0 Å². The zero-order valence-corrected chi connectivity index (χ0v) is 7.54. The zero-order chi connectivity index (χ0) is 8.27. The molecule has 0 N–H and O–H groups in total. The molecule has 11 heavy (non-hydrogen) atoms. The van der Waals surface area contributed by atoms with Gasteiger partial charge in [0.25, 0.3) is 0 Å². The molecule has 0 nitrogen and oxygen atoms in total. The molecule has 0 amide bonds. The van der Waals surface area contributed by atoms with Crippen molar-refractivity contribution in [3.63, 3.8) is 0 Å². The SMILES string of the molecule is CCc1cccc(SC)c1F. The maximum atomic E-state index is 13.3. The molecule has 0 spiro atoms. The Morgan fingerprint density at radius 2 is 2.18 bits per heavy atom. The van der Waals surface area contributed by atoms with Crippen LogP contribution in [-0.2, 0) is 6.42 Å². The molecule has 2 heteroatoms. The summed E-state index contributed by atoms with van der Waals surface area (Å²) in [6, 6.07) is 5.53. The smallest absolute Gasteiger partial charge is 0.139 e. The molecule has 1 rings (SSSR count). The van der Waals surface area contributed by atoms with Crippen LogP contribution in [0.3, 0.4) is 0 Å². The molecule has 0 heterocycles. The average Bonchev–Trinajstić information content (AvgIpc) is 2.05. The Morgan fingerprint density at radius 3 is 2.73 bits per heavy atom. The number of hydrogen-bond donors (Lipinski definition) is 0. The maximum Gasteiger partial charge on any atom is 0.139 e. The van der Waals surface area contributed by atoms with Gasteiger partial charge in [0.2, 0.25) is 0 Å². The van der Waals surface area contributed by atoms with Crippen molar-refractivity contribution >= 4 is 11.8 Å². The highest BCUT2D eigenvalue weighted by Gasteiger charge is 2.03. The van der Waals surface area contributed by atoms with Crippen LogP contribution in [0.25, 0.3) is 0 Å². The van der Waals surface area contributed by atoms with Gasteiger partial charge in [0.15, 0.2) is 0 Å². The van der Waals surface area contributed by atoms with Crippen LogP contribution in [-0.4, -0.2) is 6.26 Å². The molecule has 0 bridgehead atoms. The van der Waals surface area contributed by atoms with Gasteiger partial charge in [-0.1, -0.05) is 19.1 Å². The molecule has 0 aliphatic carbocycles. The van der Waals surface area contributed by atoms with Gasteiger partial charge in [-0.15, -0.1) is 11.8 Å². The summed E-state index contributed by atoms with van der Waals surface area (Å²) in [6.07, 6.45) is 2.65. The van der Waals surface area contributed by atoms with E-state index in [1.807, 2.05) is 25.3 Å². The van der Waals surface area contributed by atoms with Crippen molar-refractivity contribution in [1.82, 2.24) is 0 Å². The Labute approximate surface area is 70.8 Å². The number of hydrogen-bond acceptors (Lipinski definition) is 1. The van der Waals surface area contributed by atoms with Gasteiger partial charge in [-0.2, -0.15) is 0 Å². The molecule has 60 valence electrons. The van der Waals surface area contributed by atoms with Crippen LogP contribution in [0, 0.1) is 5.82 Å². The van der Waals surface area contributed by atoms with E-state index < -0.39 is 0 Å². The van der Waals surface area contributed by atoms with Crippen molar-refractivity contribution in [2.45, 2.75) is 18.2 Å². The second-order valence-corrected chi connectivity index (χ2v) is 3.14. The van der Waals surface area contributed by atoms with E-state index in [9.17, 15) is 4.39 Å². The molecule has 0 saturated heterocycles. The fourth-order valence-corrected chi connectivity index (χ4v) is 1.51. The lowest BCUT2D eigenvalue weighted by Gasteiger charge is -2.02. The minimum absolute atomic E-state index is 0.0532. The van der Waals surface area contributed by atoms with Crippen molar-refractivity contribution < 1.29 is 4.39 Å². The van der Waals surface area contributed by atoms with Crippen LogP contribution in [0.4, 0.5) is 4.39 Å². The lowest BCUT2D eigenvalue weighted by molar-refractivity contribution is 0.587. The van der Waals surface area contributed by atoms with Crippen molar-refractivity contribution in [3.05, 3.63) is 29.6 Å². The highest BCUT2D eigenvalue weighted by molar-refractivity contribution is 7.98. The minimum atomic E-state index is -0.0532. The first-order valence-corrected chi connectivity index (χ1v) is 4.83. The standard InChI is InChI=1S/C9H11FS/c1-3-7-5-4-6-8(11-2)9(7)10/h4-6H,3H2,1-2H3. The van der Waals surface area contributed by atoms with E-state index in [4.69, 9.17) is 0 Å². The normalized spacial score (nSPS) is 10.1. The van der Waals surface area contributed by atoms with Crippen LogP contribution in [0.1, 0.15) is 12.5 Å². The summed E-state index contributed by atoms with van der Waals surface area (Å²) in [6.45, 7) is 1.96. The molecular formula is C9H11FS. The first-order valence-electron chi connectivity index (χ1n) is 3.61. The van der Waals surface area contributed by atoms with Gasteiger partial charge in [0.05, 0.1) is 0 Å². The number of halogens is 1. The molecule has 1 aromatic rings. The third-order valence-corrected chi connectivity index (χ3v) is 2.40. The molecule has 0 radical (unpaired) electrons. The van der Waals surface area contributed by atoms with Gasteiger partial charge in [-0.3, -0.25) is 0 Å². The number of thioether (sulfide) groups is 1. The van der Waals surface area contributed by atoms with Crippen LogP contribution in [0.15, 0.2) is 23.1 Å². The Morgan fingerprint density at radius 1 is 1.45 bits per heavy atom. The minimum Gasteiger partial charge on any atom is -0.205 e. The van der Waals surface area contributed by atoms with Gasteiger partial charge < -0.3 is 0 Å². The van der Waals surface area contributed by atoms with Gasteiger partial charge in [0, 0.05) is 4.90 Å². The Balaban J connectivity index is 3.10. The molecule has 0 fully saturated rings. The lowest BCUT2D eigenvalue weighted by Crippen LogP contribution is -1.88. The summed E-state index contributed by atoms with van der Waals surface area (Å²) < 4.78 is 13.3. The largest absolute Gasteiger partial charge is 0.205 e. The van der Waals surface area contributed by atoms with E-state index in [1.54, 1.807) is 6.07 Å². The van der Waals surface area contributed by atoms with E-state index >= 15 is 0 Å². The molecule has 0 saturated carbocycles. The van der Waals surface area contributed by atoms with Crippen LogP contribution < -0.4 is 0 Å². The molecule has 0 unspecified atom stereocenters. The van der Waals surface area contributed by atoms with Crippen LogP contribution >= 0.6 is 11.8 Å². The summed E-state index contributed by atoms with van der Waals surface area (Å²) in [7, 11) is 0. The van der Waals surface area contributed by atoms with Gasteiger partial charge in [-0.25, -0.2) is 4.39 Å². The number of aryl methyl sites for hydroxylation is 1. The topological polar surface area (TPSA) is 0 Å². The van der Waals surface area contributed by atoms with Crippen LogP contribution in [0.2, 0.25) is 0 Å². The van der Waals surface area contributed by atoms with Gasteiger partial charge in [0.1, 0.15) is 5.82 Å². The fourth-order valence-electron chi connectivity index (χ4n) is 0.987. The summed E-state index contributed by atoms with van der Waals surface area (Å²) in [5.74, 6) is -0.0532. The van der Waals surface area contributed by atoms with E-state index in [-0.39, 0.29) is 5.82 Å². The third-order valence-electron chi connectivity index (χ3n) is 1.64. The Bertz CT molecular complexity index is 223. The second kappa shape index (κ2) is 3.77. The predicted octanol–water partition coefficient (Wildman–Crippen LogP) is 3.11. The van der Waals surface area contributed by atoms with Crippen molar-refractivity contribution in [2.24, 2.45) is 0 Å². The predicted molar refractivity (Wildman–Crippen MR) is 47.6 cm³/mol. The Hall–Kier alpha value is -0.500. The fraction of sp³-hybridized carbons (Fsp3) is 0.333. The summed E-state index contributed by atoms with van der Waals surface area (Å²) >= 11 is 1.45. The summed E-state index contributed by atoms with van der Waals surface area (Å²) in [5, 5.41) is 0. The monoisotopic (exact) mass is 170 g/mol. The molecule has 0 aliphatic heterocycles. The molecular weight excluding hydrogens is 159 g/mol. The van der Waals surface area contributed by atoms with Crippen molar-refractivity contribution in [2.75, 3.05) is 6.26 Å². The first kappa shape index (κ1) is 8.60. The summed E-state index contributed by atoms with van der Waals surface area (Å²) in [5.41, 5.74) is 0.803. The Kier molecular flexibility index (Phi) is 2.94. The average molecular weight is 170 g/mol. The third kappa shape index (κ3) is 1.74. The van der Waals surface area contributed by atoms with Gasteiger partial charge >= 0.3 is 0 Å². The van der Waals surface area contributed by atoms with Crippen LogP contribution in [0.5, 0.6) is 0 Å². The maximum absolute atomic E-state index is 13.3. The van der Waals surface area contributed by atoms with E-state index in [1.165, 1.54) is 11.8 Å². The highest BCUT2D eigenvalue weighted by Crippen LogP contribution is 2.21. The zero-order valence-electron chi connectivity index (χ0n) is 6.73. The quantitative estimate of drug-likeness (QED) is 0.614. The van der Waals surface area contributed by atoms with E-state index in [0.717, 1.165) is 16.9 Å². The van der Waals surface area contributed by atoms with E-state index in [2.05, 4.69) is 0 Å². The molecule has 0 atom stereocenters. The van der Waals surface area contributed by atoms with Gasteiger partial charge in [-0.05, 0) is 24.3 Å². The molecule has 0 aliphatic rings. The lowest BCUT2D eigenvalue weighted by atomic mass is 10.2. The second-order valence-electron chi connectivity index (χ2n) is 2.29.